The van der Waals surface area contributed by atoms with Crippen molar-refractivity contribution in [2.24, 2.45) is 0 Å². The number of hydrogen-bond donors (Lipinski definition) is 2. The number of rotatable bonds is 4. The average Bonchev–Trinajstić information content (AvgIpc) is 3.01. The predicted octanol–water partition coefficient (Wildman–Crippen LogP) is 2.55. The Morgan fingerprint density at radius 3 is 2.70 bits per heavy atom. The van der Waals surface area contributed by atoms with E-state index in [9.17, 15) is 4.79 Å². The van der Waals surface area contributed by atoms with Gasteiger partial charge in [-0.1, -0.05) is 18.9 Å². The number of amides is 1. The molecule has 3 rings (SSSR count). The summed E-state index contributed by atoms with van der Waals surface area (Å²) in [6, 6.07) is 5.64. The van der Waals surface area contributed by atoms with E-state index < -0.39 is 0 Å². The first-order valence-corrected chi connectivity index (χ1v) is 8.58. The Hall–Kier alpha value is -1.59. The van der Waals surface area contributed by atoms with E-state index >= 15 is 0 Å². The second-order valence-corrected chi connectivity index (χ2v) is 6.83. The molecule has 1 saturated carbocycles. The van der Waals surface area contributed by atoms with E-state index in [0.29, 0.717) is 12.1 Å². The fraction of sp³-hybridized carbons (Fsp3) is 0.611. The number of morpholine rings is 1. The Morgan fingerprint density at radius 2 is 2.00 bits per heavy atom. The molecule has 5 nitrogen and oxygen atoms in total. The van der Waals surface area contributed by atoms with Gasteiger partial charge in [-0.05, 0) is 37.5 Å². The van der Waals surface area contributed by atoms with Crippen LogP contribution in [0.4, 0.5) is 11.4 Å². The number of aryl methyl sites for hydroxylation is 1. The Kier molecular flexibility index (Phi) is 4.87. The molecule has 3 N–H and O–H groups in total. The van der Waals surface area contributed by atoms with E-state index in [2.05, 4.69) is 10.2 Å². The van der Waals surface area contributed by atoms with Crippen molar-refractivity contribution in [1.29, 1.82) is 0 Å². The van der Waals surface area contributed by atoms with Gasteiger partial charge in [-0.25, -0.2) is 0 Å². The van der Waals surface area contributed by atoms with Crippen molar-refractivity contribution in [2.45, 2.75) is 44.6 Å². The average molecular weight is 317 g/mol. The topological polar surface area (TPSA) is 67.6 Å². The molecule has 0 unspecified atom stereocenters. The van der Waals surface area contributed by atoms with Crippen LogP contribution in [0.2, 0.25) is 0 Å². The number of benzene rings is 1. The number of nitrogens with zero attached hydrogens (tertiary/aromatic N) is 1. The molecule has 0 aromatic heterocycles. The van der Waals surface area contributed by atoms with E-state index in [4.69, 9.17) is 10.5 Å². The Labute approximate surface area is 138 Å². The molecule has 1 aliphatic carbocycles. The highest BCUT2D eigenvalue weighted by Gasteiger charge is 2.41. The molecule has 23 heavy (non-hydrogen) atoms. The summed E-state index contributed by atoms with van der Waals surface area (Å²) >= 11 is 0. The lowest BCUT2D eigenvalue weighted by atomic mass is 9.90. The summed E-state index contributed by atoms with van der Waals surface area (Å²) in [5, 5.41) is 3.06. The second kappa shape index (κ2) is 6.89. The van der Waals surface area contributed by atoms with E-state index in [1.54, 1.807) is 0 Å². The molecule has 2 fully saturated rings. The highest BCUT2D eigenvalue weighted by Crippen LogP contribution is 2.39. The molecule has 1 aromatic carbocycles. The normalized spacial score (nSPS) is 21.3. The van der Waals surface area contributed by atoms with Crippen LogP contribution in [-0.2, 0) is 9.53 Å². The number of nitrogens with two attached hydrogens (primary N) is 1. The van der Waals surface area contributed by atoms with Crippen LogP contribution >= 0.6 is 0 Å². The van der Waals surface area contributed by atoms with Gasteiger partial charge in [0.15, 0.2) is 0 Å². The summed E-state index contributed by atoms with van der Waals surface area (Å²) in [7, 11) is 0. The Morgan fingerprint density at radius 1 is 1.30 bits per heavy atom. The zero-order valence-corrected chi connectivity index (χ0v) is 13.9. The summed E-state index contributed by atoms with van der Waals surface area (Å²) in [5.41, 5.74) is 8.39. The van der Waals surface area contributed by atoms with Gasteiger partial charge in [-0.15, -0.1) is 0 Å². The van der Waals surface area contributed by atoms with Crippen LogP contribution in [-0.4, -0.2) is 42.6 Å². The van der Waals surface area contributed by atoms with Crippen molar-refractivity contribution in [2.75, 3.05) is 37.4 Å². The molecule has 1 aliphatic heterocycles. The first-order chi connectivity index (χ1) is 11.1. The number of carbonyl (C=O) groups excluding carboxylic acids is 1. The number of hydrogen-bond acceptors (Lipinski definition) is 4. The molecule has 0 spiro atoms. The minimum absolute atomic E-state index is 0.0160. The maximum Gasteiger partial charge on any atom is 0.226 e. The van der Waals surface area contributed by atoms with Crippen LogP contribution in [0.15, 0.2) is 18.2 Å². The highest BCUT2D eigenvalue weighted by molar-refractivity contribution is 5.92. The van der Waals surface area contributed by atoms with Crippen LogP contribution in [0.5, 0.6) is 0 Å². The molecule has 1 aromatic rings. The fourth-order valence-corrected chi connectivity index (χ4v) is 3.94. The third-order valence-electron chi connectivity index (χ3n) is 5.24. The number of nitrogens with one attached hydrogen (secondary N) is 1. The lowest BCUT2D eigenvalue weighted by Gasteiger charge is -2.43. The monoisotopic (exact) mass is 317 g/mol. The van der Waals surface area contributed by atoms with Crippen molar-refractivity contribution in [3.63, 3.8) is 0 Å². The summed E-state index contributed by atoms with van der Waals surface area (Å²) < 4.78 is 5.48. The third-order valence-corrected chi connectivity index (χ3v) is 5.24. The predicted molar refractivity (Wildman–Crippen MR) is 92.4 cm³/mol. The SMILES string of the molecule is Cc1ccc(N)cc1NC(=O)CC1(N2CCOCC2)CCCC1. The van der Waals surface area contributed by atoms with Gasteiger partial charge < -0.3 is 15.8 Å². The lowest BCUT2D eigenvalue weighted by molar-refractivity contribution is -0.120. The van der Waals surface area contributed by atoms with Gasteiger partial charge in [-0.3, -0.25) is 9.69 Å². The lowest BCUT2D eigenvalue weighted by Crippen LogP contribution is -2.53. The van der Waals surface area contributed by atoms with Gasteiger partial charge in [0.1, 0.15) is 0 Å². The van der Waals surface area contributed by atoms with Gasteiger partial charge >= 0.3 is 0 Å². The van der Waals surface area contributed by atoms with Crippen molar-refractivity contribution >= 4 is 17.3 Å². The summed E-state index contributed by atoms with van der Waals surface area (Å²) in [6.07, 6.45) is 5.19. The van der Waals surface area contributed by atoms with Crippen molar-refractivity contribution in [3.05, 3.63) is 23.8 Å². The van der Waals surface area contributed by atoms with Gasteiger partial charge in [0.2, 0.25) is 5.91 Å². The maximum atomic E-state index is 12.7. The zero-order chi connectivity index (χ0) is 16.3. The molecule has 1 saturated heterocycles. The smallest absolute Gasteiger partial charge is 0.226 e. The van der Waals surface area contributed by atoms with Gasteiger partial charge in [0.05, 0.1) is 13.2 Å². The van der Waals surface area contributed by atoms with Crippen molar-refractivity contribution in [1.82, 2.24) is 4.90 Å². The quantitative estimate of drug-likeness (QED) is 0.838. The zero-order valence-electron chi connectivity index (χ0n) is 13.9. The Bertz CT molecular complexity index is 561. The van der Waals surface area contributed by atoms with Gasteiger partial charge in [0.25, 0.3) is 0 Å². The number of ether oxygens (including phenoxy) is 1. The second-order valence-electron chi connectivity index (χ2n) is 6.83. The maximum absolute atomic E-state index is 12.7. The van der Waals surface area contributed by atoms with Crippen LogP contribution in [0.3, 0.4) is 0 Å². The molecule has 2 aliphatic rings. The molecule has 126 valence electrons. The highest BCUT2D eigenvalue weighted by atomic mass is 16.5. The third kappa shape index (κ3) is 3.67. The minimum atomic E-state index is 0.0160. The van der Waals surface area contributed by atoms with Crippen molar-refractivity contribution < 1.29 is 9.53 Å². The largest absolute Gasteiger partial charge is 0.399 e. The number of anilines is 2. The van der Waals surface area contributed by atoms with Gasteiger partial charge in [0, 0.05) is 36.4 Å². The molecule has 1 amide bonds. The van der Waals surface area contributed by atoms with E-state index in [1.165, 1.54) is 12.8 Å². The summed E-state index contributed by atoms with van der Waals surface area (Å²) in [5.74, 6) is 0.0899. The van der Waals surface area contributed by atoms with E-state index in [1.807, 2.05) is 25.1 Å². The summed E-state index contributed by atoms with van der Waals surface area (Å²) in [4.78, 5) is 15.2. The summed E-state index contributed by atoms with van der Waals surface area (Å²) in [6.45, 7) is 5.41. The van der Waals surface area contributed by atoms with E-state index in [0.717, 1.165) is 50.4 Å². The molecule has 0 radical (unpaired) electrons. The Balaban J connectivity index is 1.70. The first kappa shape index (κ1) is 16.3. The molecule has 1 heterocycles. The van der Waals surface area contributed by atoms with Crippen LogP contribution < -0.4 is 11.1 Å². The van der Waals surface area contributed by atoms with Crippen molar-refractivity contribution in [3.8, 4) is 0 Å². The van der Waals surface area contributed by atoms with Crippen LogP contribution in [0, 0.1) is 6.92 Å². The molecule has 0 bridgehead atoms. The molecular weight excluding hydrogens is 290 g/mol. The molecule has 5 heteroatoms. The molecule has 0 atom stereocenters. The number of carbonyl (C=O) groups is 1. The van der Waals surface area contributed by atoms with E-state index in [-0.39, 0.29) is 11.4 Å². The first-order valence-electron chi connectivity index (χ1n) is 8.58. The number of nitrogen functional groups attached to an aromatic ring is 1. The van der Waals surface area contributed by atoms with Gasteiger partial charge in [-0.2, -0.15) is 0 Å². The minimum Gasteiger partial charge on any atom is -0.399 e. The molecular formula is C18H27N3O2. The van der Waals surface area contributed by atoms with Crippen LogP contribution in [0.25, 0.3) is 0 Å². The fourth-order valence-electron chi connectivity index (χ4n) is 3.94. The standard InChI is InChI=1S/C18H27N3O2/c1-14-4-5-15(19)12-16(14)20-17(22)13-18(6-2-3-7-18)21-8-10-23-11-9-21/h4-5,12H,2-3,6-11,13,19H2,1H3,(H,20,22). The van der Waals surface area contributed by atoms with Crippen LogP contribution in [0.1, 0.15) is 37.7 Å².